The topological polar surface area (TPSA) is 62.2 Å². The maximum Gasteiger partial charge on any atom is 0.424 e. The molecule has 2 aromatic carbocycles. The number of anilines is 1. The molecule has 142 valence electrons. The van der Waals surface area contributed by atoms with Gasteiger partial charge in [-0.15, -0.1) is 11.3 Å². The number of para-hydroxylation sites is 1. The molecule has 0 saturated heterocycles. The SMILES string of the molecule is O=C(CC(O)(c1nc2ccccc2s1)C(F)(F)F)Nc1ccc(F)c(F)c1. The highest BCUT2D eigenvalue weighted by Gasteiger charge is 2.58. The number of hydrogen-bond acceptors (Lipinski definition) is 4. The van der Waals surface area contributed by atoms with Crippen molar-refractivity contribution in [2.75, 3.05) is 5.32 Å². The van der Waals surface area contributed by atoms with E-state index in [-0.39, 0.29) is 11.2 Å². The molecule has 0 aliphatic heterocycles. The first-order valence-electron chi connectivity index (χ1n) is 7.50. The number of halogens is 5. The Bertz CT molecular complexity index is 971. The number of alkyl halides is 3. The van der Waals surface area contributed by atoms with Crippen LogP contribution in [0.25, 0.3) is 10.2 Å². The first kappa shape index (κ1) is 19.2. The third-order valence-corrected chi connectivity index (χ3v) is 4.92. The number of aromatic nitrogens is 1. The van der Waals surface area contributed by atoms with Crippen molar-refractivity contribution < 1.29 is 31.9 Å². The van der Waals surface area contributed by atoms with E-state index in [9.17, 15) is 31.9 Å². The molecule has 2 N–H and O–H groups in total. The second-order valence-corrected chi connectivity index (χ2v) is 6.73. The summed E-state index contributed by atoms with van der Waals surface area (Å²) in [6.45, 7) is 0. The maximum absolute atomic E-state index is 13.6. The zero-order valence-corrected chi connectivity index (χ0v) is 14.2. The molecule has 3 aromatic rings. The Labute approximate surface area is 153 Å². The lowest BCUT2D eigenvalue weighted by Gasteiger charge is -2.27. The molecule has 0 spiro atoms. The summed E-state index contributed by atoms with van der Waals surface area (Å²) in [5.41, 5.74) is -3.52. The normalized spacial score (nSPS) is 14.1. The summed E-state index contributed by atoms with van der Waals surface area (Å²) in [6.07, 6.45) is -6.58. The number of fused-ring (bicyclic) bond motifs is 1. The molecule has 0 radical (unpaired) electrons. The maximum atomic E-state index is 13.6. The van der Waals surface area contributed by atoms with Crippen molar-refractivity contribution in [1.82, 2.24) is 4.98 Å². The Morgan fingerprint density at radius 1 is 1.11 bits per heavy atom. The van der Waals surface area contributed by atoms with E-state index in [2.05, 4.69) is 4.98 Å². The van der Waals surface area contributed by atoms with Gasteiger partial charge in [-0.25, -0.2) is 13.8 Å². The highest BCUT2D eigenvalue weighted by atomic mass is 32.1. The second-order valence-electron chi connectivity index (χ2n) is 5.70. The Morgan fingerprint density at radius 3 is 2.44 bits per heavy atom. The van der Waals surface area contributed by atoms with Gasteiger partial charge in [-0.05, 0) is 24.3 Å². The van der Waals surface area contributed by atoms with Gasteiger partial charge in [-0.3, -0.25) is 4.79 Å². The molecular formula is C17H11F5N2O2S. The van der Waals surface area contributed by atoms with Crippen LogP contribution in [0, 0.1) is 11.6 Å². The van der Waals surface area contributed by atoms with E-state index in [0.717, 1.165) is 6.07 Å². The summed E-state index contributed by atoms with van der Waals surface area (Å²) in [4.78, 5) is 15.8. The van der Waals surface area contributed by atoms with Gasteiger partial charge in [-0.1, -0.05) is 12.1 Å². The van der Waals surface area contributed by atoms with Crippen molar-refractivity contribution in [3.63, 3.8) is 0 Å². The van der Waals surface area contributed by atoms with Gasteiger partial charge in [0, 0.05) is 11.8 Å². The summed E-state index contributed by atoms with van der Waals surface area (Å²) in [5.74, 6) is -3.68. The molecule has 0 aliphatic carbocycles. The van der Waals surface area contributed by atoms with Gasteiger partial charge in [0.25, 0.3) is 0 Å². The van der Waals surface area contributed by atoms with Crippen LogP contribution >= 0.6 is 11.3 Å². The zero-order valence-electron chi connectivity index (χ0n) is 13.3. The Hall–Kier alpha value is -2.59. The van der Waals surface area contributed by atoms with Crippen LogP contribution in [0.1, 0.15) is 11.4 Å². The van der Waals surface area contributed by atoms with Gasteiger partial charge in [0.15, 0.2) is 11.6 Å². The van der Waals surface area contributed by atoms with E-state index in [4.69, 9.17) is 0 Å². The predicted octanol–water partition coefficient (Wildman–Crippen LogP) is 4.35. The monoisotopic (exact) mass is 402 g/mol. The Balaban J connectivity index is 1.90. The summed E-state index contributed by atoms with van der Waals surface area (Å²) < 4.78 is 67.2. The molecule has 10 heteroatoms. The van der Waals surface area contributed by atoms with Gasteiger partial charge in [0.2, 0.25) is 11.5 Å². The van der Waals surface area contributed by atoms with Crippen LogP contribution in [0.5, 0.6) is 0 Å². The molecule has 27 heavy (non-hydrogen) atoms. The number of carbonyl (C=O) groups is 1. The summed E-state index contributed by atoms with van der Waals surface area (Å²) in [6, 6.07) is 8.52. The Morgan fingerprint density at radius 2 is 1.81 bits per heavy atom. The first-order valence-corrected chi connectivity index (χ1v) is 8.32. The minimum Gasteiger partial charge on any atom is -0.374 e. The standard InChI is InChI=1S/C17H11F5N2O2S/c18-10-6-5-9(7-11(10)19)23-14(25)8-16(26,17(20,21)22)15-24-12-3-1-2-4-13(12)27-15/h1-7,26H,8H2,(H,23,25). The van der Waals surface area contributed by atoms with E-state index in [1.165, 1.54) is 12.1 Å². The van der Waals surface area contributed by atoms with Crippen LogP contribution in [-0.4, -0.2) is 22.2 Å². The predicted molar refractivity (Wildman–Crippen MR) is 89.2 cm³/mol. The average molecular weight is 402 g/mol. The number of hydrogen-bond donors (Lipinski definition) is 2. The third kappa shape index (κ3) is 3.76. The summed E-state index contributed by atoms with van der Waals surface area (Å²) in [7, 11) is 0. The van der Waals surface area contributed by atoms with Crippen LogP contribution in [0.15, 0.2) is 42.5 Å². The molecule has 1 unspecified atom stereocenters. The fourth-order valence-electron chi connectivity index (χ4n) is 2.36. The largest absolute Gasteiger partial charge is 0.424 e. The van der Waals surface area contributed by atoms with Crippen molar-refractivity contribution in [2.24, 2.45) is 0 Å². The number of nitrogens with zero attached hydrogens (tertiary/aromatic N) is 1. The molecular weight excluding hydrogens is 391 g/mol. The van der Waals surface area contributed by atoms with Crippen molar-refractivity contribution in [3.05, 3.63) is 59.1 Å². The smallest absolute Gasteiger partial charge is 0.374 e. The second kappa shape index (κ2) is 6.86. The van der Waals surface area contributed by atoms with Gasteiger partial charge >= 0.3 is 6.18 Å². The molecule has 3 rings (SSSR count). The minimum atomic E-state index is -5.19. The molecule has 0 saturated carbocycles. The molecule has 1 amide bonds. The summed E-state index contributed by atoms with van der Waals surface area (Å²) >= 11 is 0.613. The molecule has 0 fully saturated rings. The lowest BCUT2D eigenvalue weighted by molar-refractivity contribution is -0.266. The number of nitrogens with one attached hydrogen (secondary N) is 1. The van der Waals surface area contributed by atoms with E-state index < -0.39 is 40.7 Å². The van der Waals surface area contributed by atoms with Crippen LogP contribution in [0.2, 0.25) is 0 Å². The number of carbonyl (C=O) groups excluding carboxylic acids is 1. The van der Waals surface area contributed by atoms with E-state index >= 15 is 0 Å². The van der Waals surface area contributed by atoms with Crippen molar-refractivity contribution >= 4 is 33.1 Å². The molecule has 4 nitrogen and oxygen atoms in total. The minimum absolute atomic E-state index is 0.243. The van der Waals surface area contributed by atoms with E-state index in [0.29, 0.717) is 28.2 Å². The first-order chi connectivity index (χ1) is 12.6. The fourth-order valence-corrected chi connectivity index (χ4v) is 3.43. The van der Waals surface area contributed by atoms with E-state index in [1.807, 2.05) is 5.32 Å². The molecule has 1 aromatic heterocycles. The Kier molecular flexibility index (Phi) is 4.87. The quantitative estimate of drug-likeness (QED) is 0.638. The van der Waals surface area contributed by atoms with Gasteiger partial charge in [-0.2, -0.15) is 13.2 Å². The van der Waals surface area contributed by atoms with Crippen molar-refractivity contribution in [3.8, 4) is 0 Å². The lowest BCUT2D eigenvalue weighted by atomic mass is 9.99. The van der Waals surface area contributed by atoms with Crippen LogP contribution in [-0.2, 0) is 10.4 Å². The fraction of sp³-hybridized carbons (Fsp3) is 0.176. The zero-order chi connectivity index (χ0) is 19.8. The number of rotatable bonds is 4. The number of amides is 1. The van der Waals surface area contributed by atoms with Crippen LogP contribution < -0.4 is 5.32 Å². The number of benzene rings is 2. The molecule has 0 bridgehead atoms. The van der Waals surface area contributed by atoms with Crippen LogP contribution in [0.4, 0.5) is 27.6 Å². The van der Waals surface area contributed by atoms with Gasteiger partial charge in [0.1, 0.15) is 5.01 Å². The third-order valence-electron chi connectivity index (χ3n) is 3.74. The molecule has 1 atom stereocenters. The van der Waals surface area contributed by atoms with Crippen LogP contribution in [0.3, 0.4) is 0 Å². The highest BCUT2D eigenvalue weighted by Crippen LogP contribution is 2.44. The van der Waals surface area contributed by atoms with Gasteiger partial charge < -0.3 is 10.4 Å². The highest BCUT2D eigenvalue weighted by molar-refractivity contribution is 7.18. The number of aliphatic hydroxyl groups is 1. The van der Waals surface area contributed by atoms with Gasteiger partial charge in [0.05, 0.1) is 16.6 Å². The summed E-state index contributed by atoms with van der Waals surface area (Å²) in [5, 5.41) is 11.6. The molecule has 0 aliphatic rings. The number of thiazole rings is 1. The average Bonchev–Trinajstić information content (AvgIpc) is 3.01. The molecule has 1 heterocycles. The van der Waals surface area contributed by atoms with Crippen molar-refractivity contribution in [1.29, 1.82) is 0 Å². The van der Waals surface area contributed by atoms with E-state index in [1.54, 1.807) is 12.1 Å². The van der Waals surface area contributed by atoms with Crippen molar-refractivity contribution in [2.45, 2.75) is 18.2 Å². The lowest BCUT2D eigenvalue weighted by Crippen LogP contribution is -2.45.